The van der Waals surface area contributed by atoms with Crippen LogP contribution in [0, 0.1) is 5.92 Å². The van der Waals surface area contributed by atoms with Crippen molar-refractivity contribution in [1.82, 2.24) is 0 Å². The van der Waals surface area contributed by atoms with Crippen molar-refractivity contribution in [1.29, 1.82) is 0 Å². The maximum absolute atomic E-state index is 11.2. The SMILES string of the molecule is CO[C@H]1C([C@@]2(C)O[C@@H]2CC=C(C)C)[C@]2(CC[C@H]1OC(N)=O)CO2. The number of nitrogens with two attached hydrogens (primary N) is 1. The van der Waals surface area contributed by atoms with E-state index in [0.717, 1.165) is 19.4 Å². The lowest BCUT2D eigenvalue weighted by Gasteiger charge is -2.42. The fourth-order valence-electron chi connectivity index (χ4n) is 4.22. The first-order valence-corrected chi connectivity index (χ1v) is 8.26. The predicted molar refractivity (Wildman–Crippen MR) is 84.0 cm³/mol. The van der Waals surface area contributed by atoms with Gasteiger partial charge in [0.15, 0.2) is 0 Å². The zero-order valence-electron chi connectivity index (χ0n) is 14.3. The molecular formula is C17H27NO5. The molecule has 3 aliphatic rings. The van der Waals surface area contributed by atoms with E-state index in [1.54, 1.807) is 7.11 Å². The van der Waals surface area contributed by atoms with Crippen LogP contribution in [-0.4, -0.2) is 49.3 Å². The van der Waals surface area contributed by atoms with E-state index in [9.17, 15) is 4.79 Å². The summed E-state index contributed by atoms with van der Waals surface area (Å²) >= 11 is 0. The first-order chi connectivity index (χ1) is 10.8. The molecule has 0 aromatic carbocycles. The average Bonchev–Trinajstić information content (AvgIpc) is 3.37. The van der Waals surface area contributed by atoms with Gasteiger partial charge in [0.25, 0.3) is 0 Å². The zero-order chi connectivity index (χ0) is 16.8. The highest BCUT2D eigenvalue weighted by molar-refractivity contribution is 5.64. The van der Waals surface area contributed by atoms with Crippen molar-refractivity contribution >= 4 is 6.09 Å². The normalized spacial score (nSPS) is 44.7. The molecule has 6 atom stereocenters. The number of carbonyl (C=O) groups excluding carboxylic acids is 1. The summed E-state index contributed by atoms with van der Waals surface area (Å²) in [6.45, 7) is 7.00. The van der Waals surface area contributed by atoms with Crippen LogP contribution in [0.2, 0.25) is 0 Å². The molecule has 2 heterocycles. The third-order valence-electron chi connectivity index (χ3n) is 5.50. The lowest BCUT2D eigenvalue weighted by atomic mass is 9.68. The molecule has 3 fully saturated rings. The molecule has 6 nitrogen and oxygen atoms in total. The van der Waals surface area contributed by atoms with Crippen molar-refractivity contribution in [2.45, 2.75) is 69.5 Å². The Balaban J connectivity index is 1.79. The summed E-state index contributed by atoms with van der Waals surface area (Å²) in [4.78, 5) is 11.2. The molecule has 0 aromatic rings. The number of hydrogen-bond acceptors (Lipinski definition) is 5. The lowest BCUT2D eigenvalue weighted by Crippen LogP contribution is -2.55. The van der Waals surface area contributed by atoms with Gasteiger partial charge < -0.3 is 24.7 Å². The van der Waals surface area contributed by atoms with Gasteiger partial charge in [0.1, 0.15) is 23.4 Å². The third kappa shape index (κ3) is 2.99. The molecule has 23 heavy (non-hydrogen) atoms. The number of carbonyl (C=O) groups is 1. The fraction of sp³-hybridized carbons (Fsp3) is 0.824. The highest BCUT2D eigenvalue weighted by Gasteiger charge is 2.72. The van der Waals surface area contributed by atoms with Gasteiger partial charge in [-0.05, 0) is 40.0 Å². The number of epoxide rings is 2. The van der Waals surface area contributed by atoms with Crippen LogP contribution in [0.25, 0.3) is 0 Å². The Labute approximate surface area is 137 Å². The smallest absolute Gasteiger partial charge is 0.404 e. The van der Waals surface area contributed by atoms with E-state index in [1.165, 1.54) is 5.57 Å². The van der Waals surface area contributed by atoms with Crippen LogP contribution in [0.1, 0.15) is 40.0 Å². The van der Waals surface area contributed by atoms with E-state index in [4.69, 9.17) is 24.7 Å². The molecule has 1 aliphatic carbocycles. The Bertz CT molecular complexity index is 511. The van der Waals surface area contributed by atoms with Gasteiger partial charge in [-0.15, -0.1) is 0 Å². The van der Waals surface area contributed by atoms with Gasteiger partial charge in [-0.1, -0.05) is 11.6 Å². The van der Waals surface area contributed by atoms with Gasteiger partial charge in [0.2, 0.25) is 0 Å². The quantitative estimate of drug-likeness (QED) is 0.618. The van der Waals surface area contributed by atoms with Crippen LogP contribution in [0.4, 0.5) is 4.79 Å². The molecule has 1 saturated carbocycles. The second-order valence-electron chi connectivity index (χ2n) is 7.35. The summed E-state index contributed by atoms with van der Waals surface area (Å²) in [6.07, 6.45) is 3.39. The summed E-state index contributed by atoms with van der Waals surface area (Å²) in [7, 11) is 1.65. The van der Waals surface area contributed by atoms with Gasteiger partial charge in [-0.25, -0.2) is 4.79 Å². The number of allylic oxidation sites excluding steroid dienone is 1. The molecule has 1 unspecified atom stereocenters. The first-order valence-electron chi connectivity index (χ1n) is 8.26. The summed E-state index contributed by atoms with van der Waals surface area (Å²) < 4.78 is 22.9. The summed E-state index contributed by atoms with van der Waals surface area (Å²) in [6, 6.07) is 0. The summed E-state index contributed by atoms with van der Waals surface area (Å²) in [5, 5.41) is 0. The van der Waals surface area contributed by atoms with Crippen LogP contribution in [0.15, 0.2) is 11.6 Å². The molecule has 130 valence electrons. The average molecular weight is 325 g/mol. The van der Waals surface area contributed by atoms with E-state index < -0.39 is 6.09 Å². The van der Waals surface area contributed by atoms with Gasteiger partial charge in [0, 0.05) is 7.11 Å². The largest absolute Gasteiger partial charge is 0.444 e. The van der Waals surface area contributed by atoms with Crippen molar-refractivity contribution in [3.63, 3.8) is 0 Å². The minimum absolute atomic E-state index is 0.0358. The monoisotopic (exact) mass is 325 g/mol. The minimum atomic E-state index is -0.758. The van der Waals surface area contributed by atoms with Gasteiger partial charge >= 0.3 is 6.09 Å². The van der Waals surface area contributed by atoms with Crippen molar-refractivity contribution in [3.8, 4) is 0 Å². The molecular weight excluding hydrogens is 298 g/mol. The lowest BCUT2D eigenvalue weighted by molar-refractivity contribution is -0.117. The Hall–Kier alpha value is -1.11. The summed E-state index contributed by atoms with van der Waals surface area (Å²) in [5.41, 5.74) is 5.98. The zero-order valence-corrected chi connectivity index (χ0v) is 14.3. The molecule has 2 aliphatic heterocycles. The first kappa shape index (κ1) is 16.7. The van der Waals surface area contributed by atoms with E-state index in [1.807, 2.05) is 0 Å². The van der Waals surface area contributed by atoms with Gasteiger partial charge in [0.05, 0.1) is 18.6 Å². The van der Waals surface area contributed by atoms with E-state index in [-0.39, 0.29) is 35.4 Å². The third-order valence-corrected chi connectivity index (χ3v) is 5.50. The number of amides is 1. The van der Waals surface area contributed by atoms with Crippen molar-refractivity contribution in [2.24, 2.45) is 11.7 Å². The standard InChI is InChI=1S/C17H27NO5/c1-10(2)5-6-12-16(3,23-12)14-13(20-4)11(22-15(18)19)7-8-17(14)9-21-17/h5,11-14H,6-9H2,1-4H3,(H2,18,19)/t11-,12-,13-,14?,16+,17+/m1/s1. The molecule has 3 rings (SSSR count). The number of methoxy groups -OCH3 is 1. The van der Waals surface area contributed by atoms with E-state index in [0.29, 0.717) is 6.42 Å². The van der Waals surface area contributed by atoms with Gasteiger partial charge in [-0.3, -0.25) is 0 Å². The van der Waals surface area contributed by atoms with E-state index in [2.05, 4.69) is 26.8 Å². The van der Waals surface area contributed by atoms with Crippen molar-refractivity contribution in [3.05, 3.63) is 11.6 Å². The maximum atomic E-state index is 11.2. The second-order valence-corrected chi connectivity index (χ2v) is 7.35. The molecule has 1 amide bonds. The predicted octanol–water partition coefficient (Wildman–Crippen LogP) is 2.16. The number of rotatable bonds is 5. The number of ether oxygens (including phenoxy) is 4. The second kappa shape index (κ2) is 5.76. The summed E-state index contributed by atoms with van der Waals surface area (Å²) in [5.74, 6) is 0.0358. The van der Waals surface area contributed by atoms with Gasteiger partial charge in [-0.2, -0.15) is 0 Å². The van der Waals surface area contributed by atoms with Crippen LogP contribution in [0.5, 0.6) is 0 Å². The molecule has 0 bridgehead atoms. The molecule has 0 radical (unpaired) electrons. The Morgan fingerprint density at radius 3 is 2.65 bits per heavy atom. The molecule has 1 spiro atoms. The number of hydrogen-bond donors (Lipinski definition) is 1. The highest BCUT2D eigenvalue weighted by Crippen LogP contribution is 2.59. The van der Waals surface area contributed by atoms with Crippen molar-refractivity contribution in [2.75, 3.05) is 13.7 Å². The fourth-order valence-corrected chi connectivity index (χ4v) is 4.22. The van der Waals surface area contributed by atoms with Crippen molar-refractivity contribution < 1.29 is 23.7 Å². The molecule has 6 heteroatoms. The van der Waals surface area contributed by atoms with Crippen LogP contribution in [0.3, 0.4) is 0 Å². The van der Waals surface area contributed by atoms with Crippen LogP contribution in [-0.2, 0) is 18.9 Å². The molecule has 2 N–H and O–H groups in total. The maximum Gasteiger partial charge on any atom is 0.404 e. The molecule has 2 saturated heterocycles. The minimum Gasteiger partial charge on any atom is -0.444 e. The van der Waals surface area contributed by atoms with E-state index >= 15 is 0 Å². The van der Waals surface area contributed by atoms with Crippen LogP contribution < -0.4 is 5.73 Å². The Kier molecular flexibility index (Phi) is 4.19. The van der Waals surface area contributed by atoms with Crippen LogP contribution >= 0.6 is 0 Å². The Morgan fingerprint density at radius 1 is 1.43 bits per heavy atom. The highest BCUT2D eigenvalue weighted by atomic mass is 16.6. The number of primary amides is 1. The molecule has 0 aromatic heterocycles. The topological polar surface area (TPSA) is 86.6 Å². The Morgan fingerprint density at radius 2 is 2.13 bits per heavy atom.